The van der Waals surface area contributed by atoms with E-state index in [2.05, 4.69) is 5.43 Å². The number of carbonyl (C=O) groups is 2. The molecule has 0 spiro atoms. The molecule has 1 heterocycles. The number of carboxylic acids is 1. The third kappa shape index (κ3) is 2.35. The number of likely N-dealkylation sites (tertiary alicyclic amines) is 1. The number of amides is 2. The predicted octanol–water partition coefficient (Wildman–Crippen LogP) is -0.278. The van der Waals surface area contributed by atoms with E-state index in [1.807, 2.05) is 0 Å². The lowest BCUT2D eigenvalue weighted by molar-refractivity contribution is -0.141. The van der Waals surface area contributed by atoms with Gasteiger partial charge in [-0.1, -0.05) is 0 Å². The Kier molecular flexibility index (Phi) is 3.29. The number of hydrogen-bond donors (Lipinski definition) is 2. The number of nitrogens with zero attached hydrogens (tertiary/aromatic N) is 2. The molecule has 0 radical (unpaired) electrons. The number of carboxylic acid groups (broad SMARTS) is 1. The minimum atomic E-state index is -0.934. The fourth-order valence-electron chi connectivity index (χ4n) is 1.52. The van der Waals surface area contributed by atoms with Gasteiger partial charge in [-0.15, -0.1) is 0 Å². The van der Waals surface area contributed by atoms with E-state index in [-0.39, 0.29) is 6.03 Å². The van der Waals surface area contributed by atoms with Crippen LogP contribution in [0.5, 0.6) is 0 Å². The lowest BCUT2D eigenvalue weighted by Crippen LogP contribution is -2.49. The molecule has 14 heavy (non-hydrogen) atoms. The van der Waals surface area contributed by atoms with E-state index >= 15 is 0 Å². The highest BCUT2D eigenvalue weighted by molar-refractivity contribution is 5.82. The number of aliphatic carboxylic acids is 1. The second kappa shape index (κ2) is 4.28. The van der Waals surface area contributed by atoms with Crippen molar-refractivity contribution in [1.82, 2.24) is 15.3 Å². The van der Waals surface area contributed by atoms with Crippen molar-refractivity contribution in [3.05, 3.63) is 0 Å². The van der Waals surface area contributed by atoms with Gasteiger partial charge in [0, 0.05) is 20.6 Å². The molecule has 0 aliphatic carbocycles. The van der Waals surface area contributed by atoms with Gasteiger partial charge in [-0.25, -0.2) is 14.6 Å². The van der Waals surface area contributed by atoms with Gasteiger partial charge in [0.1, 0.15) is 6.04 Å². The fourth-order valence-corrected chi connectivity index (χ4v) is 1.52. The lowest BCUT2D eigenvalue weighted by Gasteiger charge is -2.23. The monoisotopic (exact) mass is 201 g/mol. The molecule has 0 aromatic carbocycles. The number of rotatable bonds is 2. The van der Waals surface area contributed by atoms with Gasteiger partial charge in [0.05, 0.1) is 0 Å². The highest BCUT2D eigenvalue weighted by Gasteiger charge is 2.33. The number of urea groups is 1. The van der Waals surface area contributed by atoms with Gasteiger partial charge < -0.3 is 10.0 Å². The number of carbonyl (C=O) groups excluding carboxylic acids is 1. The van der Waals surface area contributed by atoms with Gasteiger partial charge in [0.2, 0.25) is 0 Å². The summed E-state index contributed by atoms with van der Waals surface area (Å²) in [5.41, 5.74) is 2.53. The number of nitrogens with one attached hydrogen (secondary N) is 1. The van der Waals surface area contributed by atoms with Crippen LogP contribution in [0.1, 0.15) is 12.8 Å². The van der Waals surface area contributed by atoms with Crippen LogP contribution in [0.2, 0.25) is 0 Å². The lowest BCUT2D eigenvalue weighted by atomic mass is 10.2. The van der Waals surface area contributed by atoms with Gasteiger partial charge in [-0.05, 0) is 12.8 Å². The summed E-state index contributed by atoms with van der Waals surface area (Å²) in [4.78, 5) is 23.6. The Morgan fingerprint density at radius 3 is 2.64 bits per heavy atom. The smallest absolute Gasteiger partial charge is 0.332 e. The Bertz CT molecular complexity index is 242. The molecule has 0 saturated carbocycles. The zero-order chi connectivity index (χ0) is 10.7. The fraction of sp³-hybridized carbons (Fsp3) is 0.750. The van der Waals surface area contributed by atoms with Crippen molar-refractivity contribution >= 4 is 12.0 Å². The Morgan fingerprint density at radius 2 is 2.14 bits per heavy atom. The molecule has 1 saturated heterocycles. The van der Waals surface area contributed by atoms with Crippen LogP contribution in [0.3, 0.4) is 0 Å². The van der Waals surface area contributed by atoms with Crippen molar-refractivity contribution in [1.29, 1.82) is 0 Å². The van der Waals surface area contributed by atoms with E-state index in [0.29, 0.717) is 13.0 Å². The second-order valence-corrected chi connectivity index (χ2v) is 3.50. The first-order valence-electron chi connectivity index (χ1n) is 4.49. The van der Waals surface area contributed by atoms with Crippen LogP contribution in [0.15, 0.2) is 0 Å². The third-order valence-corrected chi connectivity index (χ3v) is 2.12. The molecule has 1 atom stereocenters. The van der Waals surface area contributed by atoms with Gasteiger partial charge >= 0.3 is 12.0 Å². The van der Waals surface area contributed by atoms with Crippen LogP contribution in [-0.2, 0) is 4.79 Å². The maximum atomic E-state index is 11.5. The first-order valence-corrected chi connectivity index (χ1v) is 4.49. The minimum absolute atomic E-state index is 0.347. The Hall–Kier alpha value is -1.30. The Morgan fingerprint density at radius 1 is 1.50 bits per heavy atom. The molecule has 0 aromatic rings. The van der Waals surface area contributed by atoms with Crippen LogP contribution in [0.25, 0.3) is 0 Å². The van der Waals surface area contributed by atoms with Crippen molar-refractivity contribution in [2.24, 2.45) is 0 Å². The maximum Gasteiger partial charge on any atom is 0.332 e. The van der Waals surface area contributed by atoms with Crippen LogP contribution >= 0.6 is 0 Å². The van der Waals surface area contributed by atoms with E-state index in [0.717, 1.165) is 6.42 Å². The molecule has 6 nitrogen and oxygen atoms in total. The van der Waals surface area contributed by atoms with E-state index in [1.165, 1.54) is 9.91 Å². The molecule has 1 rings (SSSR count). The Labute approximate surface area is 82.4 Å². The van der Waals surface area contributed by atoms with Crippen molar-refractivity contribution in [2.45, 2.75) is 18.9 Å². The summed E-state index contributed by atoms with van der Waals surface area (Å²) in [6, 6.07) is -1.02. The highest BCUT2D eigenvalue weighted by atomic mass is 16.4. The summed E-state index contributed by atoms with van der Waals surface area (Å²) in [6.45, 7) is 0.511. The third-order valence-electron chi connectivity index (χ3n) is 2.12. The standard InChI is InChI=1S/C8H15N3O3/c1-10(2)9-8(14)11-5-3-4-6(11)7(12)13/h6H,3-5H2,1-2H3,(H,9,14)(H,12,13). The molecule has 1 fully saturated rings. The molecule has 0 bridgehead atoms. The average molecular weight is 201 g/mol. The van der Waals surface area contributed by atoms with Crippen LogP contribution in [0.4, 0.5) is 4.79 Å². The number of hydrazine groups is 1. The van der Waals surface area contributed by atoms with Crippen molar-refractivity contribution in [3.8, 4) is 0 Å². The molecule has 1 aliphatic heterocycles. The largest absolute Gasteiger partial charge is 0.480 e. The highest BCUT2D eigenvalue weighted by Crippen LogP contribution is 2.17. The second-order valence-electron chi connectivity index (χ2n) is 3.50. The van der Waals surface area contributed by atoms with Crippen LogP contribution in [0, 0.1) is 0 Å². The summed E-state index contributed by atoms with van der Waals surface area (Å²) >= 11 is 0. The molecule has 6 heteroatoms. The zero-order valence-electron chi connectivity index (χ0n) is 8.36. The summed E-state index contributed by atoms with van der Waals surface area (Å²) in [5.74, 6) is -0.934. The first-order chi connectivity index (χ1) is 6.52. The number of hydrogen-bond acceptors (Lipinski definition) is 3. The first kappa shape index (κ1) is 10.8. The van der Waals surface area contributed by atoms with E-state index in [4.69, 9.17) is 5.11 Å². The quantitative estimate of drug-likeness (QED) is 0.603. The molecule has 2 amide bonds. The van der Waals surface area contributed by atoms with Crippen LogP contribution < -0.4 is 5.43 Å². The molecular weight excluding hydrogens is 186 g/mol. The van der Waals surface area contributed by atoms with Crippen LogP contribution in [-0.4, -0.2) is 53.7 Å². The molecular formula is C8H15N3O3. The summed E-state index contributed by atoms with van der Waals surface area (Å²) < 4.78 is 0. The topological polar surface area (TPSA) is 72.9 Å². The van der Waals surface area contributed by atoms with Gasteiger partial charge in [0.25, 0.3) is 0 Å². The zero-order valence-corrected chi connectivity index (χ0v) is 8.36. The summed E-state index contributed by atoms with van der Waals surface area (Å²) in [6.07, 6.45) is 1.29. The predicted molar refractivity (Wildman–Crippen MR) is 49.6 cm³/mol. The summed E-state index contributed by atoms with van der Waals surface area (Å²) in [7, 11) is 3.37. The molecule has 80 valence electrons. The van der Waals surface area contributed by atoms with E-state index in [1.54, 1.807) is 14.1 Å². The maximum absolute atomic E-state index is 11.5. The molecule has 0 aromatic heterocycles. The van der Waals surface area contributed by atoms with E-state index < -0.39 is 12.0 Å². The van der Waals surface area contributed by atoms with Crippen molar-refractivity contribution in [2.75, 3.05) is 20.6 Å². The van der Waals surface area contributed by atoms with Gasteiger partial charge in [-0.3, -0.25) is 5.43 Å². The molecule has 1 aliphatic rings. The minimum Gasteiger partial charge on any atom is -0.480 e. The van der Waals surface area contributed by atoms with Gasteiger partial charge in [-0.2, -0.15) is 0 Å². The molecule has 2 N–H and O–H groups in total. The van der Waals surface area contributed by atoms with Gasteiger partial charge in [0.15, 0.2) is 0 Å². The molecule has 1 unspecified atom stereocenters. The van der Waals surface area contributed by atoms with Crippen molar-refractivity contribution in [3.63, 3.8) is 0 Å². The summed E-state index contributed by atoms with van der Waals surface area (Å²) in [5, 5.41) is 10.3. The van der Waals surface area contributed by atoms with Crippen molar-refractivity contribution < 1.29 is 14.7 Å². The SMILES string of the molecule is CN(C)NC(=O)N1CCCC1C(=O)O. The average Bonchev–Trinajstić information content (AvgIpc) is 2.49. The van der Waals surface area contributed by atoms with E-state index in [9.17, 15) is 9.59 Å². The normalized spacial score (nSPS) is 21.4. The Balaban J connectivity index is 2.58.